The third kappa shape index (κ3) is 5.12. The van der Waals surface area contributed by atoms with Crippen molar-refractivity contribution in [3.63, 3.8) is 0 Å². The molecule has 0 N–H and O–H groups in total. The predicted molar refractivity (Wildman–Crippen MR) is 169 cm³/mol. The second-order valence-corrected chi connectivity index (χ2v) is 13.8. The molecule has 0 spiro atoms. The lowest BCUT2D eigenvalue weighted by atomic mass is 9.37. The van der Waals surface area contributed by atoms with Gasteiger partial charge < -0.3 is 9.47 Å². The first-order valence-electron chi connectivity index (χ1n) is 15.6. The molecule has 7 nitrogen and oxygen atoms in total. The lowest BCUT2D eigenvalue weighted by Gasteiger charge is -2.64. The van der Waals surface area contributed by atoms with Crippen LogP contribution in [-0.2, 0) is 35.1 Å². The van der Waals surface area contributed by atoms with Gasteiger partial charge in [-0.25, -0.2) is 9.59 Å². The third-order valence-corrected chi connectivity index (χ3v) is 10.8. The number of hydrogen-bond donors (Lipinski definition) is 0. The molecule has 1 saturated carbocycles. The van der Waals surface area contributed by atoms with E-state index in [4.69, 9.17) is 9.47 Å². The number of esters is 2. The number of aryl methyl sites for hydroxylation is 1. The smallest absolute Gasteiger partial charge is 0.338 e. The molecule has 0 radical (unpaired) electrons. The Bertz CT molecular complexity index is 1560. The van der Waals surface area contributed by atoms with Crippen LogP contribution in [0.1, 0.15) is 102 Å². The number of rotatable bonds is 7. The Labute approximate surface area is 261 Å². The molecule has 0 saturated heterocycles. The number of ether oxygens (including phenoxy) is 2. The number of carbonyl (C=O) groups is 5. The number of carbonyl (C=O) groups excluding carboxylic acids is 5. The lowest BCUT2D eigenvalue weighted by molar-refractivity contribution is -0.159. The first-order valence-corrected chi connectivity index (χ1v) is 15.6. The lowest BCUT2D eigenvalue weighted by Crippen LogP contribution is -2.64. The Morgan fingerprint density at radius 1 is 0.955 bits per heavy atom. The van der Waals surface area contributed by atoms with Gasteiger partial charge >= 0.3 is 11.9 Å². The molecule has 0 aromatic heterocycles. The van der Waals surface area contributed by atoms with Crippen LogP contribution in [0, 0.1) is 35.0 Å². The molecule has 1 aromatic rings. The van der Waals surface area contributed by atoms with Crippen LogP contribution in [0.2, 0.25) is 0 Å². The average molecular weight is 603 g/mol. The highest BCUT2D eigenvalue weighted by Crippen LogP contribution is 2.68. The first-order chi connectivity index (χ1) is 20.5. The normalized spacial score (nSPS) is 30.3. The fourth-order valence-corrected chi connectivity index (χ4v) is 8.79. The van der Waals surface area contributed by atoms with Crippen LogP contribution >= 0.6 is 0 Å². The zero-order valence-corrected chi connectivity index (χ0v) is 27.9. The van der Waals surface area contributed by atoms with Crippen molar-refractivity contribution in [2.45, 2.75) is 88.5 Å². The second kappa shape index (κ2) is 11.7. The van der Waals surface area contributed by atoms with E-state index in [1.165, 1.54) is 13.0 Å². The Hall–Kier alpha value is -3.61. The Kier molecular flexibility index (Phi) is 8.86. The SMILES string of the molecule is CCOC(=O)C(=C\c1ccc(C)c2c1CC1(C)CC3(C)CC(C)=C(C(C)=O)C(=O)C3(C)C(C)C1C2=O)/C=C(\C)C(=O)OCC. The highest BCUT2D eigenvalue weighted by Gasteiger charge is 2.67. The standard InChI is InChI=1S/C37H46O7/c1-11-43-33(41)21(4)15-26(34(42)44-12-2)16-25-14-13-20(3)29-27(25)18-35(8)19-36(9)17-22(5)28(24(7)38)32(40)37(36,10)23(6)30(35)31(29)39/h13-16,23,30H,11-12,17-19H2,1-10H3/b21-15+,26-16-. The molecule has 236 valence electrons. The van der Waals surface area contributed by atoms with Crippen LogP contribution in [-0.4, -0.2) is 42.5 Å². The van der Waals surface area contributed by atoms with Crippen LogP contribution in [0.15, 0.2) is 40.5 Å². The van der Waals surface area contributed by atoms with E-state index in [0.717, 1.165) is 22.3 Å². The summed E-state index contributed by atoms with van der Waals surface area (Å²) in [5.74, 6) is -2.17. The van der Waals surface area contributed by atoms with Crippen molar-refractivity contribution >= 4 is 35.4 Å². The van der Waals surface area contributed by atoms with E-state index in [1.807, 2.05) is 39.8 Å². The molecule has 4 rings (SSSR count). The highest BCUT2D eigenvalue weighted by molar-refractivity contribution is 6.23. The summed E-state index contributed by atoms with van der Waals surface area (Å²) in [6.07, 6.45) is 5.00. The maximum Gasteiger partial charge on any atom is 0.338 e. The summed E-state index contributed by atoms with van der Waals surface area (Å²) in [4.78, 5) is 66.8. The molecular formula is C37H46O7. The number of hydrogen-bond acceptors (Lipinski definition) is 7. The van der Waals surface area contributed by atoms with Crippen molar-refractivity contribution in [1.82, 2.24) is 0 Å². The molecule has 1 aromatic carbocycles. The van der Waals surface area contributed by atoms with E-state index in [2.05, 4.69) is 13.8 Å². The molecule has 3 aliphatic rings. The van der Waals surface area contributed by atoms with Gasteiger partial charge in [-0.05, 0) is 106 Å². The fraction of sp³-hybridized carbons (Fsp3) is 0.541. The molecule has 44 heavy (non-hydrogen) atoms. The zero-order valence-electron chi connectivity index (χ0n) is 27.9. The van der Waals surface area contributed by atoms with Gasteiger partial charge in [-0.15, -0.1) is 0 Å². The van der Waals surface area contributed by atoms with Crippen molar-refractivity contribution in [3.8, 4) is 0 Å². The first kappa shape index (κ1) is 33.3. The van der Waals surface area contributed by atoms with Gasteiger partial charge in [0.1, 0.15) is 0 Å². The van der Waals surface area contributed by atoms with Crippen LogP contribution < -0.4 is 0 Å². The maximum atomic E-state index is 14.6. The fourth-order valence-electron chi connectivity index (χ4n) is 8.79. The van der Waals surface area contributed by atoms with Crippen LogP contribution in [0.4, 0.5) is 0 Å². The van der Waals surface area contributed by atoms with Crippen molar-refractivity contribution in [2.75, 3.05) is 13.2 Å². The van der Waals surface area contributed by atoms with Gasteiger partial charge in [-0.3, -0.25) is 14.4 Å². The van der Waals surface area contributed by atoms with E-state index in [0.29, 0.717) is 30.4 Å². The van der Waals surface area contributed by atoms with E-state index >= 15 is 0 Å². The van der Waals surface area contributed by atoms with E-state index < -0.39 is 34.1 Å². The van der Waals surface area contributed by atoms with Gasteiger partial charge in [0.25, 0.3) is 0 Å². The molecule has 0 amide bonds. The Morgan fingerprint density at radius 2 is 1.57 bits per heavy atom. The third-order valence-electron chi connectivity index (χ3n) is 10.8. The minimum atomic E-state index is -0.872. The average Bonchev–Trinajstić information content (AvgIpc) is 2.91. The number of Topliss-reactive ketones (excluding diaryl/α,β-unsaturated/α-hetero) is 3. The van der Waals surface area contributed by atoms with Gasteiger partial charge in [0.15, 0.2) is 17.3 Å². The maximum absolute atomic E-state index is 14.6. The molecule has 7 heteroatoms. The Morgan fingerprint density at radius 3 is 2.16 bits per heavy atom. The van der Waals surface area contributed by atoms with Crippen molar-refractivity contribution in [1.29, 1.82) is 0 Å². The summed E-state index contributed by atoms with van der Waals surface area (Å²) < 4.78 is 10.4. The largest absolute Gasteiger partial charge is 0.463 e. The summed E-state index contributed by atoms with van der Waals surface area (Å²) in [5.41, 5.74) is 2.81. The molecular weight excluding hydrogens is 556 g/mol. The van der Waals surface area contributed by atoms with Crippen molar-refractivity contribution in [3.05, 3.63) is 62.8 Å². The molecule has 5 unspecified atom stereocenters. The van der Waals surface area contributed by atoms with Crippen molar-refractivity contribution < 1.29 is 33.4 Å². The summed E-state index contributed by atoms with van der Waals surface area (Å²) in [6, 6.07) is 3.78. The minimum Gasteiger partial charge on any atom is -0.463 e. The zero-order chi connectivity index (χ0) is 32.9. The number of benzene rings is 1. The van der Waals surface area contributed by atoms with E-state index in [9.17, 15) is 24.0 Å². The number of ketones is 3. The monoisotopic (exact) mass is 602 g/mol. The Balaban J connectivity index is 1.89. The van der Waals surface area contributed by atoms with Gasteiger partial charge in [-0.2, -0.15) is 0 Å². The van der Waals surface area contributed by atoms with Crippen molar-refractivity contribution in [2.24, 2.45) is 28.1 Å². The summed E-state index contributed by atoms with van der Waals surface area (Å²) >= 11 is 0. The minimum absolute atomic E-state index is 0.00310. The molecule has 0 heterocycles. The molecule has 0 bridgehead atoms. The molecule has 3 aliphatic carbocycles. The van der Waals surface area contributed by atoms with Crippen LogP contribution in [0.3, 0.4) is 0 Å². The number of fused-ring (bicyclic) bond motifs is 3. The predicted octanol–water partition coefficient (Wildman–Crippen LogP) is 6.74. The van der Waals surface area contributed by atoms with E-state index in [-0.39, 0.29) is 47.6 Å². The van der Waals surface area contributed by atoms with Gasteiger partial charge in [0, 0.05) is 22.5 Å². The second-order valence-electron chi connectivity index (χ2n) is 13.8. The summed E-state index contributed by atoms with van der Waals surface area (Å²) in [5, 5.41) is 0. The van der Waals surface area contributed by atoms with Gasteiger partial charge in [0.2, 0.25) is 0 Å². The molecule has 5 atom stereocenters. The van der Waals surface area contributed by atoms with Gasteiger partial charge in [0.05, 0.1) is 24.4 Å². The summed E-state index contributed by atoms with van der Waals surface area (Å²) in [6.45, 7) is 18.9. The van der Waals surface area contributed by atoms with E-state index in [1.54, 1.807) is 26.8 Å². The van der Waals surface area contributed by atoms with Gasteiger partial charge in [-0.1, -0.05) is 45.4 Å². The topological polar surface area (TPSA) is 104 Å². The van der Waals surface area contributed by atoms with Crippen LogP contribution in [0.25, 0.3) is 6.08 Å². The molecule has 0 aliphatic heterocycles. The number of allylic oxidation sites excluding steroid dienone is 2. The quantitative estimate of drug-likeness (QED) is 0.147. The summed E-state index contributed by atoms with van der Waals surface area (Å²) in [7, 11) is 0. The highest BCUT2D eigenvalue weighted by atomic mass is 16.5. The molecule has 1 fully saturated rings. The van der Waals surface area contributed by atoms with Crippen LogP contribution in [0.5, 0.6) is 0 Å².